The SMILES string of the molecule is COc1cccc(OCCN2CCNCC2)c1. The molecule has 1 aliphatic heterocycles. The lowest BCUT2D eigenvalue weighted by Crippen LogP contribution is -2.44. The molecule has 17 heavy (non-hydrogen) atoms. The Labute approximate surface area is 103 Å². The first-order chi connectivity index (χ1) is 8.38. The largest absolute Gasteiger partial charge is 0.497 e. The normalized spacial score (nSPS) is 16.8. The molecule has 1 N–H and O–H groups in total. The molecule has 1 fully saturated rings. The molecule has 1 aromatic carbocycles. The quantitative estimate of drug-likeness (QED) is 0.826. The van der Waals surface area contributed by atoms with Crippen LogP contribution in [0.1, 0.15) is 0 Å². The van der Waals surface area contributed by atoms with Crippen molar-refractivity contribution in [3.8, 4) is 11.5 Å². The molecule has 0 saturated carbocycles. The Kier molecular flexibility index (Phi) is 4.64. The van der Waals surface area contributed by atoms with Gasteiger partial charge in [-0.2, -0.15) is 0 Å². The van der Waals surface area contributed by atoms with E-state index >= 15 is 0 Å². The number of hydrogen-bond donors (Lipinski definition) is 1. The van der Waals surface area contributed by atoms with Gasteiger partial charge in [0.25, 0.3) is 0 Å². The van der Waals surface area contributed by atoms with Crippen LogP contribution in [0.5, 0.6) is 11.5 Å². The fourth-order valence-corrected chi connectivity index (χ4v) is 1.92. The van der Waals surface area contributed by atoms with Crippen LogP contribution in [-0.4, -0.2) is 51.3 Å². The second kappa shape index (κ2) is 6.47. The van der Waals surface area contributed by atoms with Crippen molar-refractivity contribution in [1.82, 2.24) is 10.2 Å². The topological polar surface area (TPSA) is 33.7 Å². The molecule has 1 saturated heterocycles. The monoisotopic (exact) mass is 236 g/mol. The highest BCUT2D eigenvalue weighted by atomic mass is 16.5. The number of piperazine rings is 1. The van der Waals surface area contributed by atoms with Gasteiger partial charge in [0.15, 0.2) is 0 Å². The molecule has 4 nitrogen and oxygen atoms in total. The van der Waals surface area contributed by atoms with Crippen molar-refractivity contribution >= 4 is 0 Å². The summed E-state index contributed by atoms with van der Waals surface area (Å²) in [5.41, 5.74) is 0. The van der Waals surface area contributed by atoms with Gasteiger partial charge in [0.2, 0.25) is 0 Å². The third kappa shape index (κ3) is 3.91. The van der Waals surface area contributed by atoms with E-state index in [9.17, 15) is 0 Å². The van der Waals surface area contributed by atoms with Crippen LogP contribution in [0.3, 0.4) is 0 Å². The van der Waals surface area contributed by atoms with Gasteiger partial charge in [0, 0.05) is 38.8 Å². The maximum absolute atomic E-state index is 5.71. The predicted octanol–water partition coefficient (Wildman–Crippen LogP) is 0.979. The summed E-state index contributed by atoms with van der Waals surface area (Å²) in [6, 6.07) is 7.74. The highest BCUT2D eigenvalue weighted by molar-refractivity contribution is 5.32. The van der Waals surface area contributed by atoms with E-state index in [0.717, 1.165) is 50.8 Å². The summed E-state index contributed by atoms with van der Waals surface area (Å²) >= 11 is 0. The summed E-state index contributed by atoms with van der Waals surface area (Å²) in [5.74, 6) is 1.71. The van der Waals surface area contributed by atoms with Crippen LogP contribution in [0.15, 0.2) is 24.3 Å². The van der Waals surface area contributed by atoms with Crippen molar-refractivity contribution in [2.75, 3.05) is 46.4 Å². The van der Waals surface area contributed by atoms with Crippen molar-refractivity contribution in [1.29, 1.82) is 0 Å². The van der Waals surface area contributed by atoms with Crippen LogP contribution < -0.4 is 14.8 Å². The van der Waals surface area contributed by atoms with E-state index in [1.54, 1.807) is 7.11 Å². The van der Waals surface area contributed by atoms with E-state index in [4.69, 9.17) is 9.47 Å². The smallest absolute Gasteiger partial charge is 0.123 e. The van der Waals surface area contributed by atoms with Gasteiger partial charge in [-0.3, -0.25) is 4.90 Å². The maximum Gasteiger partial charge on any atom is 0.123 e. The lowest BCUT2D eigenvalue weighted by Gasteiger charge is -2.26. The Balaban J connectivity index is 1.73. The summed E-state index contributed by atoms with van der Waals surface area (Å²) in [5, 5.41) is 3.34. The molecule has 0 amide bonds. The van der Waals surface area contributed by atoms with Crippen molar-refractivity contribution in [3.63, 3.8) is 0 Å². The summed E-state index contributed by atoms with van der Waals surface area (Å²) in [4.78, 5) is 2.41. The van der Waals surface area contributed by atoms with Gasteiger partial charge in [0.05, 0.1) is 7.11 Å². The second-order valence-electron chi connectivity index (χ2n) is 4.12. The lowest BCUT2D eigenvalue weighted by molar-refractivity contribution is 0.191. The molecule has 1 aromatic rings. The number of benzene rings is 1. The van der Waals surface area contributed by atoms with Gasteiger partial charge < -0.3 is 14.8 Å². The first kappa shape index (κ1) is 12.2. The van der Waals surface area contributed by atoms with Crippen molar-refractivity contribution < 1.29 is 9.47 Å². The molecule has 4 heteroatoms. The van der Waals surface area contributed by atoms with Gasteiger partial charge in [-0.25, -0.2) is 0 Å². The Morgan fingerprint density at radius 2 is 2.00 bits per heavy atom. The van der Waals surface area contributed by atoms with E-state index in [2.05, 4.69) is 10.2 Å². The van der Waals surface area contributed by atoms with Gasteiger partial charge in [-0.05, 0) is 12.1 Å². The van der Waals surface area contributed by atoms with Crippen LogP contribution in [0, 0.1) is 0 Å². The lowest BCUT2D eigenvalue weighted by atomic mass is 10.3. The van der Waals surface area contributed by atoms with Crippen LogP contribution in [0.25, 0.3) is 0 Å². The molecule has 0 bridgehead atoms. The van der Waals surface area contributed by atoms with Crippen LogP contribution in [0.4, 0.5) is 0 Å². The van der Waals surface area contributed by atoms with Crippen LogP contribution in [0.2, 0.25) is 0 Å². The minimum atomic E-state index is 0.729. The van der Waals surface area contributed by atoms with E-state index in [0.29, 0.717) is 0 Å². The fraction of sp³-hybridized carbons (Fsp3) is 0.538. The Bertz CT molecular complexity index is 338. The van der Waals surface area contributed by atoms with Crippen molar-refractivity contribution in [2.24, 2.45) is 0 Å². The zero-order valence-corrected chi connectivity index (χ0v) is 10.3. The predicted molar refractivity (Wildman–Crippen MR) is 67.8 cm³/mol. The molecular formula is C13H20N2O2. The Morgan fingerprint density at radius 3 is 2.76 bits per heavy atom. The van der Waals surface area contributed by atoms with Gasteiger partial charge in [-0.1, -0.05) is 6.07 Å². The number of methoxy groups -OCH3 is 1. The molecule has 0 spiro atoms. The standard InChI is InChI=1S/C13H20N2O2/c1-16-12-3-2-4-13(11-12)17-10-9-15-7-5-14-6-8-15/h2-4,11,14H,5-10H2,1H3. The van der Waals surface area contributed by atoms with E-state index in [1.165, 1.54) is 0 Å². The average Bonchev–Trinajstić information content (AvgIpc) is 2.40. The summed E-state index contributed by atoms with van der Waals surface area (Å²) in [7, 11) is 1.67. The molecule has 1 heterocycles. The first-order valence-electron chi connectivity index (χ1n) is 6.08. The Hall–Kier alpha value is -1.26. The highest BCUT2D eigenvalue weighted by Gasteiger charge is 2.08. The minimum Gasteiger partial charge on any atom is -0.497 e. The van der Waals surface area contributed by atoms with E-state index in [1.807, 2.05) is 24.3 Å². The van der Waals surface area contributed by atoms with Gasteiger partial charge in [-0.15, -0.1) is 0 Å². The summed E-state index contributed by atoms with van der Waals surface area (Å²) in [6.07, 6.45) is 0. The third-order valence-corrected chi connectivity index (χ3v) is 2.93. The molecule has 0 aromatic heterocycles. The van der Waals surface area contributed by atoms with Gasteiger partial charge in [0.1, 0.15) is 18.1 Å². The molecule has 0 atom stereocenters. The number of rotatable bonds is 5. The maximum atomic E-state index is 5.71. The minimum absolute atomic E-state index is 0.729. The van der Waals surface area contributed by atoms with E-state index < -0.39 is 0 Å². The molecule has 0 aliphatic carbocycles. The molecule has 1 aliphatic rings. The average molecular weight is 236 g/mol. The van der Waals surface area contributed by atoms with Crippen LogP contribution in [-0.2, 0) is 0 Å². The summed E-state index contributed by atoms with van der Waals surface area (Å²) < 4.78 is 10.9. The zero-order valence-electron chi connectivity index (χ0n) is 10.3. The van der Waals surface area contributed by atoms with Crippen molar-refractivity contribution in [2.45, 2.75) is 0 Å². The molecule has 94 valence electrons. The Morgan fingerprint density at radius 1 is 1.24 bits per heavy atom. The van der Waals surface area contributed by atoms with Crippen LogP contribution >= 0.6 is 0 Å². The number of hydrogen-bond acceptors (Lipinski definition) is 4. The molecule has 0 radical (unpaired) electrons. The first-order valence-corrected chi connectivity index (χ1v) is 6.08. The highest BCUT2D eigenvalue weighted by Crippen LogP contribution is 2.18. The third-order valence-electron chi connectivity index (χ3n) is 2.93. The zero-order chi connectivity index (χ0) is 11.9. The second-order valence-corrected chi connectivity index (χ2v) is 4.12. The molecule has 2 rings (SSSR count). The number of nitrogens with zero attached hydrogens (tertiary/aromatic N) is 1. The van der Waals surface area contributed by atoms with Crippen molar-refractivity contribution in [3.05, 3.63) is 24.3 Å². The number of nitrogens with one attached hydrogen (secondary N) is 1. The van der Waals surface area contributed by atoms with E-state index in [-0.39, 0.29) is 0 Å². The summed E-state index contributed by atoms with van der Waals surface area (Å²) in [6.45, 7) is 6.10. The molecular weight excluding hydrogens is 216 g/mol. The fourth-order valence-electron chi connectivity index (χ4n) is 1.92. The molecule has 0 unspecified atom stereocenters. The van der Waals surface area contributed by atoms with Gasteiger partial charge >= 0.3 is 0 Å². The number of ether oxygens (including phenoxy) is 2.